The van der Waals surface area contributed by atoms with E-state index in [-0.39, 0.29) is 6.61 Å². The van der Waals surface area contributed by atoms with Crippen LogP contribution in [0, 0.1) is 11.3 Å². The van der Waals surface area contributed by atoms with Gasteiger partial charge in [0.25, 0.3) is 10.1 Å². The van der Waals surface area contributed by atoms with Crippen molar-refractivity contribution in [1.29, 1.82) is 5.26 Å². The molecule has 7 nitrogen and oxygen atoms in total. The van der Waals surface area contributed by atoms with Gasteiger partial charge in [-0.15, -0.1) is 0 Å². The largest absolute Gasteiger partial charge is 0.354 e. The normalized spacial score (nSPS) is 16.5. The fraction of sp³-hybridized carbons (Fsp3) is 0.571. The second-order valence-corrected chi connectivity index (χ2v) is 6.87. The lowest BCUT2D eigenvalue weighted by molar-refractivity contribution is 0.227. The lowest BCUT2D eigenvalue weighted by Crippen LogP contribution is -2.47. The Labute approximate surface area is 131 Å². The van der Waals surface area contributed by atoms with Gasteiger partial charge in [0.2, 0.25) is 0 Å². The molecule has 0 spiro atoms. The van der Waals surface area contributed by atoms with Crippen molar-refractivity contribution < 1.29 is 12.6 Å². The molecule has 120 valence electrons. The summed E-state index contributed by atoms with van der Waals surface area (Å²) in [6, 6.07) is 5.70. The van der Waals surface area contributed by atoms with Gasteiger partial charge in [-0.05, 0) is 18.6 Å². The summed E-state index contributed by atoms with van der Waals surface area (Å²) in [5.41, 5.74) is 0.563. The summed E-state index contributed by atoms with van der Waals surface area (Å²) < 4.78 is 26.4. The molecule has 1 aromatic heterocycles. The first-order valence-corrected chi connectivity index (χ1v) is 8.97. The van der Waals surface area contributed by atoms with Crippen LogP contribution in [-0.2, 0) is 14.3 Å². The van der Waals surface area contributed by atoms with Crippen LogP contribution in [0.2, 0.25) is 0 Å². The Balaban J connectivity index is 1.72. The molecule has 1 saturated heterocycles. The summed E-state index contributed by atoms with van der Waals surface area (Å²) in [6.07, 6.45) is 3.35. The van der Waals surface area contributed by atoms with Crippen LogP contribution in [-0.4, -0.2) is 63.9 Å². The van der Waals surface area contributed by atoms with Gasteiger partial charge in [-0.25, -0.2) is 4.98 Å². The van der Waals surface area contributed by atoms with Crippen molar-refractivity contribution in [2.24, 2.45) is 0 Å². The van der Waals surface area contributed by atoms with E-state index in [2.05, 4.69) is 20.9 Å². The molecule has 0 saturated carbocycles. The van der Waals surface area contributed by atoms with Gasteiger partial charge in [0.05, 0.1) is 18.4 Å². The van der Waals surface area contributed by atoms with Crippen molar-refractivity contribution >= 4 is 15.9 Å². The highest BCUT2D eigenvalue weighted by molar-refractivity contribution is 7.85. The monoisotopic (exact) mass is 324 g/mol. The molecule has 22 heavy (non-hydrogen) atoms. The summed E-state index contributed by atoms with van der Waals surface area (Å²) in [7, 11) is -3.34. The Morgan fingerprint density at radius 3 is 2.59 bits per heavy atom. The zero-order valence-corrected chi connectivity index (χ0v) is 13.4. The third-order valence-electron chi connectivity index (χ3n) is 3.49. The third kappa shape index (κ3) is 5.26. The van der Waals surface area contributed by atoms with Gasteiger partial charge in [-0.2, -0.15) is 13.7 Å². The second kappa shape index (κ2) is 7.54. The molecule has 0 N–H and O–H groups in total. The zero-order chi connectivity index (χ0) is 16.0. The molecule has 0 amide bonds. The first kappa shape index (κ1) is 16.7. The van der Waals surface area contributed by atoms with E-state index in [1.807, 2.05) is 6.07 Å². The van der Waals surface area contributed by atoms with Gasteiger partial charge in [-0.1, -0.05) is 0 Å². The molecule has 1 aromatic rings. The number of rotatable bonds is 6. The van der Waals surface area contributed by atoms with Crippen molar-refractivity contribution in [3.8, 4) is 6.07 Å². The highest BCUT2D eigenvalue weighted by Gasteiger charge is 2.17. The molecule has 2 heterocycles. The molecule has 1 fully saturated rings. The van der Waals surface area contributed by atoms with Crippen LogP contribution in [0.15, 0.2) is 18.3 Å². The first-order chi connectivity index (χ1) is 10.5. The van der Waals surface area contributed by atoms with E-state index in [0.717, 1.165) is 44.8 Å². The van der Waals surface area contributed by atoms with Crippen molar-refractivity contribution in [1.82, 2.24) is 9.88 Å². The maximum atomic E-state index is 10.9. The topological polar surface area (TPSA) is 86.5 Å². The summed E-state index contributed by atoms with van der Waals surface area (Å²) in [6.45, 7) is 4.60. The molecule has 1 aliphatic heterocycles. The summed E-state index contributed by atoms with van der Waals surface area (Å²) in [5.74, 6) is 0.888. The van der Waals surface area contributed by atoms with Gasteiger partial charge in [0.15, 0.2) is 0 Å². The minimum atomic E-state index is -3.34. The molecule has 0 aromatic carbocycles. The SMILES string of the molecule is CS(=O)(=O)OCCCN1CCN(c2ccc(C#N)cn2)CC1. The van der Waals surface area contributed by atoms with Gasteiger partial charge in [0, 0.05) is 38.9 Å². The molecule has 0 bridgehead atoms. The number of anilines is 1. The molecule has 1 aliphatic rings. The van der Waals surface area contributed by atoms with Crippen molar-refractivity contribution in [3.63, 3.8) is 0 Å². The standard InChI is InChI=1S/C14H20N4O3S/c1-22(19,20)21-10-2-5-17-6-8-18(9-7-17)14-4-3-13(11-15)12-16-14/h3-4,12H,2,5-10H2,1H3. The Morgan fingerprint density at radius 1 is 1.32 bits per heavy atom. The molecule has 2 rings (SSSR count). The number of hydrogen-bond acceptors (Lipinski definition) is 7. The lowest BCUT2D eigenvalue weighted by atomic mass is 10.2. The van der Waals surface area contributed by atoms with Crippen molar-refractivity contribution in [3.05, 3.63) is 23.9 Å². The third-order valence-corrected chi connectivity index (χ3v) is 4.08. The molecule has 0 radical (unpaired) electrons. The Morgan fingerprint density at radius 2 is 2.05 bits per heavy atom. The van der Waals surface area contributed by atoms with Crippen LogP contribution < -0.4 is 4.90 Å². The average Bonchev–Trinajstić information content (AvgIpc) is 2.51. The first-order valence-electron chi connectivity index (χ1n) is 7.16. The molecular weight excluding hydrogens is 304 g/mol. The van der Waals surface area contributed by atoms with Gasteiger partial charge in [0.1, 0.15) is 11.9 Å². The predicted molar refractivity (Wildman–Crippen MR) is 83.0 cm³/mol. The minimum Gasteiger partial charge on any atom is -0.354 e. The molecule has 0 unspecified atom stereocenters. The smallest absolute Gasteiger partial charge is 0.264 e. The quantitative estimate of drug-likeness (QED) is 0.554. The number of aromatic nitrogens is 1. The fourth-order valence-electron chi connectivity index (χ4n) is 2.34. The summed E-state index contributed by atoms with van der Waals surface area (Å²) in [4.78, 5) is 8.77. The van der Waals surface area contributed by atoms with Crippen LogP contribution in [0.5, 0.6) is 0 Å². The Hall–Kier alpha value is -1.69. The minimum absolute atomic E-state index is 0.232. The van der Waals surface area contributed by atoms with Crippen LogP contribution in [0.4, 0.5) is 5.82 Å². The maximum Gasteiger partial charge on any atom is 0.264 e. The van der Waals surface area contributed by atoms with E-state index in [0.29, 0.717) is 12.0 Å². The van der Waals surface area contributed by atoms with Crippen LogP contribution in [0.3, 0.4) is 0 Å². The van der Waals surface area contributed by atoms with E-state index in [1.165, 1.54) is 0 Å². The van der Waals surface area contributed by atoms with E-state index in [1.54, 1.807) is 12.3 Å². The van der Waals surface area contributed by atoms with Gasteiger partial charge < -0.3 is 4.90 Å². The lowest BCUT2D eigenvalue weighted by Gasteiger charge is -2.35. The van der Waals surface area contributed by atoms with Gasteiger partial charge >= 0.3 is 0 Å². The highest BCUT2D eigenvalue weighted by atomic mass is 32.2. The number of nitriles is 1. The predicted octanol–water partition coefficient (Wildman–Crippen LogP) is 0.442. The Kier molecular flexibility index (Phi) is 5.71. The van der Waals surface area contributed by atoms with Crippen LogP contribution in [0.1, 0.15) is 12.0 Å². The summed E-state index contributed by atoms with van der Waals surface area (Å²) in [5, 5.41) is 8.77. The number of nitrogens with zero attached hydrogens (tertiary/aromatic N) is 4. The zero-order valence-electron chi connectivity index (χ0n) is 12.6. The number of piperazine rings is 1. The van der Waals surface area contributed by atoms with E-state index < -0.39 is 10.1 Å². The molecule has 8 heteroatoms. The van der Waals surface area contributed by atoms with E-state index in [9.17, 15) is 8.42 Å². The van der Waals surface area contributed by atoms with Crippen molar-refractivity contribution in [2.45, 2.75) is 6.42 Å². The summed E-state index contributed by atoms with van der Waals surface area (Å²) >= 11 is 0. The van der Waals surface area contributed by atoms with Crippen molar-refractivity contribution in [2.75, 3.05) is 50.5 Å². The second-order valence-electron chi connectivity index (χ2n) is 5.23. The molecule has 0 aliphatic carbocycles. The van der Waals surface area contributed by atoms with Crippen LogP contribution in [0.25, 0.3) is 0 Å². The Bertz CT molecular complexity index is 616. The van der Waals surface area contributed by atoms with E-state index in [4.69, 9.17) is 9.44 Å². The maximum absolute atomic E-state index is 10.9. The fourth-order valence-corrected chi connectivity index (χ4v) is 2.76. The van der Waals surface area contributed by atoms with Crippen LogP contribution >= 0.6 is 0 Å². The number of pyridine rings is 1. The molecule has 0 atom stereocenters. The highest BCUT2D eigenvalue weighted by Crippen LogP contribution is 2.14. The van der Waals surface area contributed by atoms with E-state index >= 15 is 0 Å². The average molecular weight is 324 g/mol. The number of hydrogen-bond donors (Lipinski definition) is 0. The molecular formula is C14H20N4O3S. The van der Waals surface area contributed by atoms with Gasteiger partial charge in [-0.3, -0.25) is 9.08 Å².